The van der Waals surface area contributed by atoms with Crippen molar-refractivity contribution in [1.29, 1.82) is 0 Å². The molecule has 5 nitrogen and oxygen atoms in total. The third-order valence-corrected chi connectivity index (χ3v) is 2.44. The smallest absolute Gasteiger partial charge is 0.410 e. The first-order chi connectivity index (χ1) is 8.29. The second-order valence-corrected chi connectivity index (χ2v) is 5.23. The van der Waals surface area contributed by atoms with Crippen LogP contribution in [0.25, 0.3) is 0 Å². The summed E-state index contributed by atoms with van der Waals surface area (Å²) in [5.74, 6) is 0. The largest absolute Gasteiger partial charge is 0.444 e. The van der Waals surface area contributed by atoms with E-state index in [2.05, 4.69) is 5.32 Å². The summed E-state index contributed by atoms with van der Waals surface area (Å²) in [6.45, 7) is 13.1. The summed E-state index contributed by atoms with van der Waals surface area (Å²) in [4.78, 5) is 13.4. The van der Waals surface area contributed by atoms with Crippen LogP contribution in [-0.4, -0.2) is 53.5 Å². The van der Waals surface area contributed by atoms with Crippen molar-refractivity contribution >= 4 is 6.09 Å². The van der Waals surface area contributed by atoms with Gasteiger partial charge in [0.15, 0.2) is 0 Å². The standard InChI is InChI=1S/C11H22N2O3.C2H6/c1-8(14)9-7-13(6-5-12-9)10(15)16-11(2,3)4;1-2/h8-9,12,14H,5-7H2,1-4H3;1-2H3/t8?,9-;/m1./s1. The van der Waals surface area contributed by atoms with Crippen LogP contribution >= 0.6 is 0 Å². The van der Waals surface area contributed by atoms with Crippen LogP contribution in [0.2, 0.25) is 0 Å². The number of rotatable bonds is 1. The molecule has 1 aliphatic rings. The number of aliphatic hydroxyl groups is 1. The fourth-order valence-corrected chi connectivity index (χ4v) is 1.59. The molecule has 0 aromatic carbocycles. The lowest BCUT2D eigenvalue weighted by molar-refractivity contribution is 0.0127. The van der Waals surface area contributed by atoms with Crippen molar-refractivity contribution in [2.45, 2.75) is 59.3 Å². The predicted molar refractivity (Wildman–Crippen MR) is 72.6 cm³/mol. The average Bonchev–Trinajstić information content (AvgIpc) is 2.29. The van der Waals surface area contributed by atoms with Gasteiger partial charge in [0, 0.05) is 19.6 Å². The topological polar surface area (TPSA) is 61.8 Å². The number of aliphatic hydroxyl groups excluding tert-OH is 1. The van der Waals surface area contributed by atoms with Gasteiger partial charge in [0.1, 0.15) is 5.60 Å². The van der Waals surface area contributed by atoms with Crippen LogP contribution in [0.3, 0.4) is 0 Å². The molecule has 0 spiro atoms. The van der Waals surface area contributed by atoms with Gasteiger partial charge in [-0.3, -0.25) is 0 Å². The molecular formula is C13H28N2O3. The van der Waals surface area contributed by atoms with Crippen molar-refractivity contribution in [3.8, 4) is 0 Å². The minimum Gasteiger partial charge on any atom is -0.444 e. The number of nitrogens with one attached hydrogen (secondary N) is 1. The van der Waals surface area contributed by atoms with Gasteiger partial charge in [0.25, 0.3) is 0 Å². The van der Waals surface area contributed by atoms with Gasteiger partial charge in [-0.25, -0.2) is 4.79 Å². The number of hydrogen-bond acceptors (Lipinski definition) is 4. The summed E-state index contributed by atoms with van der Waals surface area (Å²) in [7, 11) is 0. The molecular weight excluding hydrogens is 232 g/mol. The van der Waals surface area contributed by atoms with Gasteiger partial charge >= 0.3 is 6.09 Å². The van der Waals surface area contributed by atoms with E-state index in [1.54, 1.807) is 11.8 Å². The Morgan fingerprint density at radius 2 is 2.00 bits per heavy atom. The van der Waals surface area contributed by atoms with Gasteiger partial charge in [-0.05, 0) is 27.7 Å². The SMILES string of the molecule is CC.CC(O)[C@H]1CN(C(=O)OC(C)(C)C)CCN1. The number of hydrogen-bond donors (Lipinski definition) is 2. The molecule has 0 aromatic heterocycles. The maximum atomic E-state index is 11.8. The molecule has 0 aliphatic carbocycles. The second kappa shape index (κ2) is 7.59. The summed E-state index contributed by atoms with van der Waals surface area (Å²) >= 11 is 0. The zero-order valence-electron chi connectivity index (χ0n) is 12.5. The van der Waals surface area contributed by atoms with Crippen molar-refractivity contribution in [3.63, 3.8) is 0 Å². The quantitative estimate of drug-likeness (QED) is 0.752. The highest BCUT2D eigenvalue weighted by Gasteiger charge is 2.28. The van der Waals surface area contributed by atoms with E-state index in [-0.39, 0.29) is 12.1 Å². The van der Waals surface area contributed by atoms with Crippen LogP contribution in [0.15, 0.2) is 0 Å². The normalized spacial score (nSPS) is 21.7. The first-order valence-electron chi connectivity index (χ1n) is 6.69. The Hall–Kier alpha value is -0.810. The van der Waals surface area contributed by atoms with Crippen molar-refractivity contribution in [1.82, 2.24) is 10.2 Å². The molecule has 1 aliphatic heterocycles. The molecule has 1 fully saturated rings. The van der Waals surface area contributed by atoms with Crippen molar-refractivity contribution in [2.24, 2.45) is 0 Å². The lowest BCUT2D eigenvalue weighted by atomic mass is 10.1. The van der Waals surface area contributed by atoms with E-state index in [4.69, 9.17) is 4.74 Å². The Bertz CT molecular complexity index is 249. The second-order valence-electron chi connectivity index (χ2n) is 5.23. The Kier molecular flexibility index (Phi) is 7.25. The molecule has 18 heavy (non-hydrogen) atoms. The number of amides is 1. The minimum absolute atomic E-state index is 0.0683. The number of carbonyl (C=O) groups is 1. The molecule has 5 heteroatoms. The summed E-state index contributed by atoms with van der Waals surface area (Å²) < 4.78 is 5.28. The van der Waals surface area contributed by atoms with Gasteiger partial charge in [-0.1, -0.05) is 13.8 Å². The Balaban J connectivity index is 0.00000137. The highest BCUT2D eigenvalue weighted by atomic mass is 16.6. The highest BCUT2D eigenvalue weighted by Crippen LogP contribution is 2.12. The predicted octanol–water partition coefficient (Wildman–Crippen LogP) is 1.60. The molecule has 2 N–H and O–H groups in total. The lowest BCUT2D eigenvalue weighted by Gasteiger charge is -2.35. The van der Waals surface area contributed by atoms with E-state index in [0.29, 0.717) is 19.6 Å². The van der Waals surface area contributed by atoms with Crippen molar-refractivity contribution < 1.29 is 14.6 Å². The zero-order valence-corrected chi connectivity index (χ0v) is 12.5. The van der Waals surface area contributed by atoms with Crippen LogP contribution in [-0.2, 0) is 4.74 Å². The lowest BCUT2D eigenvalue weighted by Crippen LogP contribution is -2.57. The molecule has 0 saturated carbocycles. The summed E-state index contributed by atoms with van der Waals surface area (Å²) in [5.41, 5.74) is -0.470. The fourth-order valence-electron chi connectivity index (χ4n) is 1.59. The molecule has 1 rings (SSSR count). The molecule has 1 unspecified atom stereocenters. The molecule has 0 radical (unpaired) electrons. The van der Waals surface area contributed by atoms with E-state index >= 15 is 0 Å². The minimum atomic E-state index is -0.470. The Labute approximate surface area is 110 Å². The summed E-state index contributed by atoms with van der Waals surface area (Å²) in [6.07, 6.45) is -0.773. The number of nitrogens with zero attached hydrogens (tertiary/aromatic N) is 1. The zero-order chi connectivity index (χ0) is 14.3. The summed E-state index contributed by atoms with van der Waals surface area (Å²) in [5, 5.41) is 12.6. The van der Waals surface area contributed by atoms with Crippen LogP contribution in [0.5, 0.6) is 0 Å². The van der Waals surface area contributed by atoms with E-state index in [1.165, 1.54) is 0 Å². The van der Waals surface area contributed by atoms with E-state index in [9.17, 15) is 9.90 Å². The van der Waals surface area contributed by atoms with E-state index < -0.39 is 11.7 Å². The first kappa shape index (κ1) is 17.2. The fraction of sp³-hybridized carbons (Fsp3) is 0.923. The van der Waals surface area contributed by atoms with Crippen LogP contribution < -0.4 is 5.32 Å². The molecule has 2 atom stereocenters. The van der Waals surface area contributed by atoms with Crippen molar-refractivity contribution in [3.05, 3.63) is 0 Å². The summed E-state index contributed by atoms with van der Waals surface area (Å²) in [6, 6.07) is -0.0683. The van der Waals surface area contributed by atoms with Gasteiger partial charge < -0.3 is 20.1 Å². The number of piperazine rings is 1. The Morgan fingerprint density at radius 1 is 1.44 bits per heavy atom. The van der Waals surface area contributed by atoms with Crippen LogP contribution in [0.1, 0.15) is 41.5 Å². The molecule has 1 saturated heterocycles. The maximum Gasteiger partial charge on any atom is 0.410 e. The van der Waals surface area contributed by atoms with Gasteiger partial charge in [-0.15, -0.1) is 0 Å². The monoisotopic (exact) mass is 260 g/mol. The highest BCUT2D eigenvalue weighted by molar-refractivity contribution is 5.68. The van der Waals surface area contributed by atoms with Gasteiger partial charge in [-0.2, -0.15) is 0 Å². The molecule has 1 heterocycles. The van der Waals surface area contributed by atoms with Gasteiger partial charge in [0.2, 0.25) is 0 Å². The first-order valence-corrected chi connectivity index (χ1v) is 6.69. The Morgan fingerprint density at radius 3 is 2.44 bits per heavy atom. The average molecular weight is 260 g/mol. The van der Waals surface area contributed by atoms with Gasteiger partial charge in [0.05, 0.1) is 12.1 Å². The molecule has 0 bridgehead atoms. The van der Waals surface area contributed by atoms with Crippen LogP contribution in [0, 0.1) is 0 Å². The molecule has 108 valence electrons. The van der Waals surface area contributed by atoms with E-state index in [0.717, 1.165) is 0 Å². The number of ether oxygens (including phenoxy) is 1. The van der Waals surface area contributed by atoms with Crippen molar-refractivity contribution in [2.75, 3.05) is 19.6 Å². The molecule has 0 aromatic rings. The molecule has 1 amide bonds. The van der Waals surface area contributed by atoms with E-state index in [1.807, 2.05) is 34.6 Å². The third-order valence-electron chi connectivity index (χ3n) is 2.44. The third kappa shape index (κ3) is 6.21. The maximum absolute atomic E-state index is 11.8. The van der Waals surface area contributed by atoms with Crippen LogP contribution in [0.4, 0.5) is 4.79 Å². The number of carbonyl (C=O) groups excluding carboxylic acids is 1.